The Hall–Kier alpha value is -7.38. The molecular weight excluding hydrogens is 877 g/mol. The summed E-state index contributed by atoms with van der Waals surface area (Å²) in [5.74, 6) is -2.86. The van der Waals surface area contributed by atoms with Gasteiger partial charge < -0.3 is 30.5 Å². The van der Waals surface area contributed by atoms with E-state index >= 15 is 0 Å². The molecule has 2 aromatic heterocycles. The molecule has 6 rings (SSSR count). The first kappa shape index (κ1) is 52.2. The molecule has 0 saturated heterocycles. The Balaban J connectivity index is 0.000000239. The van der Waals surface area contributed by atoms with Crippen LogP contribution < -0.4 is 27.5 Å². The lowest BCUT2D eigenvalue weighted by molar-refractivity contribution is 0.0290. The predicted molar refractivity (Wildman–Crippen MR) is 247 cm³/mol. The van der Waals surface area contributed by atoms with Gasteiger partial charge in [0.15, 0.2) is 0 Å². The highest BCUT2D eigenvalue weighted by atomic mass is 19.1. The summed E-state index contributed by atoms with van der Waals surface area (Å²) >= 11 is 0. The van der Waals surface area contributed by atoms with Crippen molar-refractivity contribution in [2.24, 2.45) is 0 Å². The van der Waals surface area contributed by atoms with Crippen LogP contribution in [-0.4, -0.2) is 87.8 Å². The van der Waals surface area contributed by atoms with E-state index in [0.29, 0.717) is 48.6 Å². The number of aromatic nitrogens is 4. The molecule has 0 fully saturated rings. The van der Waals surface area contributed by atoms with Gasteiger partial charge in [-0.05, 0) is 119 Å². The highest BCUT2D eigenvalue weighted by Crippen LogP contribution is 2.21. The Bertz CT molecular complexity index is 2670. The molecule has 0 aliphatic carbocycles. The minimum absolute atomic E-state index is 0.0904. The number of carbonyl (C=O) groups is 2. The lowest BCUT2D eigenvalue weighted by Crippen LogP contribution is -2.34. The maximum absolute atomic E-state index is 13.5. The van der Waals surface area contributed by atoms with Gasteiger partial charge >= 0.3 is 12.2 Å². The van der Waals surface area contributed by atoms with Crippen LogP contribution in [0.15, 0.2) is 119 Å². The Kier molecular flexibility index (Phi) is 19.8. The van der Waals surface area contributed by atoms with Crippen molar-refractivity contribution in [2.45, 2.75) is 52.3 Å². The smallest absolute Gasteiger partial charge is 0.411 e. The Morgan fingerprint density at radius 3 is 1.72 bits per heavy atom. The van der Waals surface area contributed by atoms with Crippen molar-refractivity contribution in [3.05, 3.63) is 164 Å². The number of ether oxygens (including phenoxy) is 2. The van der Waals surface area contributed by atoms with Crippen LogP contribution in [0.25, 0.3) is 22.5 Å². The van der Waals surface area contributed by atoms with Crippen LogP contribution in [0, 0.1) is 23.3 Å². The SMILES string of the molecule is CN(CCCO)C(=O)OC(C)(C)C.CNCCCOC(=O)Nc1cccc(Cn2nc(-c3cc(F)cc(F)c3)ccc2=O)c1.Nc1cccc(Cn2nc(-c3cc(F)cc(F)c3)ccc2=O)c1. The molecule has 0 bridgehead atoms. The van der Waals surface area contributed by atoms with E-state index < -0.39 is 35.0 Å². The molecule has 67 heavy (non-hydrogen) atoms. The molecule has 2 heterocycles. The number of anilines is 2. The third-order valence-electron chi connectivity index (χ3n) is 9.00. The number of halogens is 4. The van der Waals surface area contributed by atoms with Gasteiger partial charge in [-0.3, -0.25) is 14.9 Å². The van der Waals surface area contributed by atoms with Crippen LogP contribution in [-0.2, 0) is 22.6 Å². The van der Waals surface area contributed by atoms with Crippen molar-refractivity contribution < 1.29 is 41.7 Å². The van der Waals surface area contributed by atoms with E-state index in [-0.39, 0.29) is 53.7 Å². The second-order valence-electron chi connectivity index (χ2n) is 15.9. The van der Waals surface area contributed by atoms with Crippen molar-refractivity contribution >= 4 is 23.6 Å². The molecule has 0 saturated carbocycles. The van der Waals surface area contributed by atoms with Crippen LogP contribution in [0.3, 0.4) is 0 Å². The monoisotopic (exact) mass is 930 g/mol. The summed E-state index contributed by atoms with van der Waals surface area (Å²) in [5, 5.41) is 22.6. The van der Waals surface area contributed by atoms with Crippen LogP contribution >= 0.6 is 0 Å². The standard InChI is InChI=1S/C22H22F2N4O3.C17H13F2N3O.C9H19NO3/c1-25-8-3-9-31-22(30)26-19-5-2-4-15(10-19)14-28-21(29)7-6-20(27-28)16-11-17(23)13-18(24)12-16;18-13-7-12(8-14(19)9-13)16-4-5-17(23)22(21-16)10-11-2-1-3-15(20)6-11;1-9(2,3)13-8(12)10(4)6-5-7-11/h2,4-7,10-13,25H,3,8-9,14H2,1H3,(H,26,30);1-9H,10,20H2;11H,5-7H2,1-4H3. The molecule has 15 nitrogen and oxygen atoms in total. The van der Waals surface area contributed by atoms with Crippen molar-refractivity contribution in [2.75, 3.05) is 51.4 Å². The number of hydrogen-bond acceptors (Lipinski definition) is 11. The van der Waals surface area contributed by atoms with Gasteiger partial charge in [0.2, 0.25) is 0 Å². The van der Waals surface area contributed by atoms with Crippen LogP contribution in [0.4, 0.5) is 38.5 Å². The average molecular weight is 931 g/mol. The molecule has 0 atom stereocenters. The molecule has 5 N–H and O–H groups in total. The summed E-state index contributed by atoms with van der Waals surface area (Å²) in [7, 11) is 3.47. The van der Waals surface area contributed by atoms with Crippen LogP contribution in [0.5, 0.6) is 0 Å². The lowest BCUT2D eigenvalue weighted by Gasteiger charge is -2.24. The van der Waals surface area contributed by atoms with Crippen molar-refractivity contribution in [1.82, 2.24) is 29.8 Å². The lowest BCUT2D eigenvalue weighted by atomic mass is 10.1. The number of amides is 2. The predicted octanol–water partition coefficient (Wildman–Crippen LogP) is 7.45. The molecule has 0 spiro atoms. The fraction of sp³-hybridized carbons (Fsp3) is 0.292. The van der Waals surface area contributed by atoms with E-state index in [1.807, 2.05) is 33.9 Å². The second kappa shape index (κ2) is 25.4. The Morgan fingerprint density at radius 2 is 1.24 bits per heavy atom. The van der Waals surface area contributed by atoms with Crippen molar-refractivity contribution in [1.29, 1.82) is 0 Å². The number of aliphatic hydroxyl groups is 1. The number of hydrogen-bond donors (Lipinski definition) is 4. The van der Waals surface area contributed by atoms with E-state index in [1.54, 1.807) is 49.5 Å². The number of nitrogens with one attached hydrogen (secondary N) is 2. The van der Waals surface area contributed by atoms with Gasteiger partial charge in [-0.1, -0.05) is 24.3 Å². The molecule has 19 heteroatoms. The normalized spacial score (nSPS) is 10.8. The van der Waals surface area contributed by atoms with E-state index in [4.69, 9.17) is 20.3 Å². The maximum Gasteiger partial charge on any atom is 0.411 e. The quantitative estimate of drug-likeness (QED) is 0.0481. The number of aliphatic hydroxyl groups excluding tert-OH is 1. The highest BCUT2D eigenvalue weighted by Gasteiger charge is 2.19. The first-order chi connectivity index (χ1) is 31.8. The van der Waals surface area contributed by atoms with E-state index in [9.17, 15) is 36.7 Å². The maximum atomic E-state index is 13.5. The summed E-state index contributed by atoms with van der Waals surface area (Å²) in [6.45, 7) is 7.44. The second-order valence-corrected chi connectivity index (χ2v) is 15.9. The number of rotatable bonds is 14. The van der Waals surface area contributed by atoms with Crippen LogP contribution in [0.2, 0.25) is 0 Å². The third-order valence-corrected chi connectivity index (χ3v) is 9.00. The fourth-order valence-electron chi connectivity index (χ4n) is 5.93. The van der Waals surface area contributed by atoms with Crippen LogP contribution in [0.1, 0.15) is 44.7 Å². The van der Waals surface area contributed by atoms with Gasteiger partial charge in [0.25, 0.3) is 11.1 Å². The molecule has 4 aromatic carbocycles. The molecule has 6 aromatic rings. The summed E-state index contributed by atoms with van der Waals surface area (Å²) in [6.07, 6.45) is 0.361. The largest absolute Gasteiger partial charge is 0.449 e. The van der Waals surface area contributed by atoms with Crippen molar-refractivity contribution in [3.8, 4) is 22.5 Å². The molecule has 0 radical (unpaired) electrons. The molecule has 2 amide bonds. The topological polar surface area (TPSA) is 196 Å². The number of nitrogen functional groups attached to an aromatic ring is 1. The number of benzene rings is 4. The summed E-state index contributed by atoms with van der Waals surface area (Å²) in [4.78, 5) is 48.8. The average Bonchev–Trinajstić information content (AvgIpc) is 3.25. The third kappa shape index (κ3) is 18.2. The number of nitrogens with two attached hydrogens (primary N) is 1. The highest BCUT2D eigenvalue weighted by molar-refractivity contribution is 5.84. The van der Waals surface area contributed by atoms with Gasteiger partial charge in [-0.15, -0.1) is 0 Å². The first-order valence-corrected chi connectivity index (χ1v) is 21.0. The molecule has 0 aliphatic rings. The van der Waals surface area contributed by atoms with Gasteiger partial charge in [0.05, 0.1) is 31.1 Å². The summed E-state index contributed by atoms with van der Waals surface area (Å²) in [6, 6.07) is 25.6. The van der Waals surface area contributed by atoms with Crippen molar-refractivity contribution in [3.63, 3.8) is 0 Å². The molecule has 0 aliphatic heterocycles. The zero-order chi connectivity index (χ0) is 49.1. The van der Waals surface area contributed by atoms with Gasteiger partial charge in [-0.2, -0.15) is 10.2 Å². The van der Waals surface area contributed by atoms with E-state index in [0.717, 1.165) is 36.4 Å². The number of nitrogens with zero attached hydrogens (tertiary/aromatic N) is 5. The molecule has 0 unspecified atom stereocenters. The zero-order valence-electron chi connectivity index (χ0n) is 37.8. The fourth-order valence-corrected chi connectivity index (χ4v) is 5.93. The molecular formula is C48H54F4N8O7. The van der Waals surface area contributed by atoms with Gasteiger partial charge in [0, 0.05) is 67.0 Å². The Morgan fingerprint density at radius 1 is 0.731 bits per heavy atom. The first-order valence-electron chi connectivity index (χ1n) is 21.0. The zero-order valence-corrected chi connectivity index (χ0v) is 37.8. The summed E-state index contributed by atoms with van der Waals surface area (Å²) in [5.41, 5.74) is 8.24. The Labute approximate surface area is 384 Å². The van der Waals surface area contributed by atoms with Gasteiger partial charge in [0.1, 0.15) is 28.9 Å². The molecule has 356 valence electrons. The summed E-state index contributed by atoms with van der Waals surface area (Å²) < 4.78 is 66.3. The van der Waals surface area contributed by atoms with E-state index in [1.165, 1.54) is 50.7 Å². The van der Waals surface area contributed by atoms with Gasteiger partial charge in [-0.25, -0.2) is 36.5 Å². The minimum Gasteiger partial charge on any atom is -0.449 e. The van der Waals surface area contributed by atoms with E-state index in [2.05, 4.69) is 20.8 Å². The minimum atomic E-state index is -0.730. The number of carbonyl (C=O) groups excluding carboxylic acids is 2.